The Hall–Kier alpha value is -0.521. The van der Waals surface area contributed by atoms with Crippen LogP contribution in [0.25, 0.3) is 0 Å². The van der Waals surface area contributed by atoms with Gasteiger partial charge in [-0.05, 0) is 0 Å². The third-order valence-electron chi connectivity index (χ3n) is 1.77. The zero-order chi connectivity index (χ0) is 9.36. The van der Waals surface area contributed by atoms with Crippen LogP contribution in [-0.4, -0.2) is 15.0 Å². The fourth-order valence-corrected chi connectivity index (χ4v) is 2.49. The average Bonchev–Trinajstić information content (AvgIpc) is 2.19. The molecule has 0 bridgehead atoms. The molecule has 0 heterocycles. The van der Waals surface area contributed by atoms with Crippen LogP contribution in [0.1, 0.15) is 26.2 Å². The molecule has 1 heteroatoms. The van der Waals surface area contributed by atoms with Crippen LogP contribution in [0.15, 0.2) is 41.4 Å². The Labute approximate surface area is 87.2 Å². The van der Waals surface area contributed by atoms with Crippen LogP contribution in [0.2, 0.25) is 0 Å². The first-order chi connectivity index (χ1) is 6.43. The van der Waals surface area contributed by atoms with Crippen molar-refractivity contribution >= 4 is 19.4 Å². The minimum atomic E-state index is 0.537. The van der Waals surface area contributed by atoms with E-state index < -0.39 is 0 Å². The van der Waals surface area contributed by atoms with Crippen molar-refractivity contribution in [1.29, 1.82) is 0 Å². The summed E-state index contributed by atoms with van der Waals surface area (Å²) in [5.41, 5.74) is 0. The first-order valence-electron chi connectivity index (χ1n) is 4.80. The van der Waals surface area contributed by atoms with E-state index in [2.05, 4.69) is 48.3 Å². The van der Waals surface area contributed by atoms with Gasteiger partial charge >= 0.3 is 87.0 Å². The topological polar surface area (TPSA) is 0 Å². The summed E-state index contributed by atoms with van der Waals surface area (Å²) in [5.74, 6) is 0. The molecule has 0 nitrogen and oxygen atoms in total. The summed E-state index contributed by atoms with van der Waals surface area (Å²) in [6.45, 7) is 2.23. The Bertz CT molecular complexity index is 239. The van der Waals surface area contributed by atoms with Gasteiger partial charge in [-0.15, -0.1) is 0 Å². The Morgan fingerprint density at radius 1 is 1.23 bits per heavy atom. The molecule has 1 aromatic rings. The second-order valence-corrected chi connectivity index (χ2v) is 5.00. The molecule has 13 heavy (non-hydrogen) atoms. The molecule has 0 atom stereocenters. The van der Waals surface area contributed by atoms with Crippen molar-refractivity contribution < 1.29 is 0 Å². The van der Waals surface area contributed by atoms with Crippen molar-refractivity contribution in [3.63, 3.8) is 0 Å². The van der Waals surface area contributed by atoms with Crippen molar-refractivity contribution in [2.75, 3.05) is 0 Å². The zero-order valence-electron chi connectivity index (χ0n) is 8.07. The SMILES string of the molecule is CCCC/C=C\[Se]c1ccccc1. The van der Waals surface area contributed by atoms with Crippen LogP contribution in [0.3, 0.4) is 0 Å². The number of benzene rings is 1. The number of hydrogen-bond acceptors (Lipinski definition) is 0. The zero-order valence-corrected chi connectivity index (χ0v) is 9.78. The molecule has 0 aliphatic carbocycles. The summed E-state index contributed by atoms with van der Waals surface area (Å²) < 4.78 is 1.46. The van der Waals surface area contributed by atoms with Crippen molar-refractivity contribution in [3.8, 4) is 0 Å². The summed E-state index contributed by atoms with van der Waals surface area (Å²) in [5, 5.41) is 0. The molecule has 0 saturated heterocycles. The number of rotatable bonds is 5. The molecule has 0 fully saturated rings. The number of hydrogen-bond donors (Lipinski definition) is 0. The van der Waals surface area contributed by atoms with E-state index in [-0.39, 0.29) is 0 Å². The molecule has 0 radical (unpaired) electrons. The predicted molar refractivity (Wildman–Crippen MR) is 60.5 cm³/mol. The number of unbranched alkanes of at least 4 members (excludes halogenated alkanes) is 2. The normalized spacial score (nSPS) is 10.8. The quantitative estimate of drug-likeness (QED) is 0.547. The van der Waals surface area contributed by atoms with Gasteiger partial charge in [-0.1, -0.05) is 0 Å². The van der Waals surface area contributed by atoms with Gasteiger partial charge in [0.1, 0.15) is 0 Å². The molecule has 70 valence electrons. The Balaban J connectivity index is 2.23. The molecule has 0 N–H and O–H groups in total. The van der Waals surface area contributed by atoms with Crippen LogP contribution in [0, 0.1) is 0 Å². The van der Waals surface area contributed by atoms with Crippen molar-refractivity contribution in [2.45, 2.75) is 26.2 Å². The molecule has 1 aromatic carbocycles. The van der Waals surface area contributed by atoms with Crippen LogP contribution in [0.5, 0.6) is 0 Å². The first-order valence-corrected chi connectivity index (χ1v) is 6.64. The van der Waals surface area contributed by atoms with Gasteiger partial charge < -0.3 is 0 Å². The van der Waals surface area contributed by atoms with E-state index in [1.807, 2.05) is 0 Å². The van der Waals surface area contributed by atoms with E-state index in [1.54, 1.807) is 0 Å². The average molecular weight is 239 g/mol. The number of allylic oxidation sites excluding steroid dienone is 1. The van der Waals surface area contributed by atoms with E-state index in [9.17, 15) is 0 Å². The van der Waals surface area contributed by atoms with E-state index in [1.165, 1.54) is 23.7 Å². The van der Waals surface area contributed by atoms with Gasteiger partial charge in [-0.3, -0.25) is 0 Å². The van der Waals surface area contributed by atoms with Crippen LogP contribution in [-0.2, 0) is 0 Å². The molecule has 0 unspecified atom stereocenters. The summed E-state index contributed by atoms with van der Waals surface area (Å²) in [6, 6.07) is 10.7. The molecule has 0 aromatic heterocycles. The first kappa shape index (κ1) is 10.6. The van der Waals surface area contributed by atoms with E-state index in [4.69, 9.17) is 0 Å². The maximum atomic E-state index is 2.33. The third-order valence-corrected chi connectivity index (χ3v) is 3.60. The van der Waals surface area contributed by atoms with Gasteiger partial charge in [-0.2, -0.15) is 0 Å². The van der Waals surface area contributed by atoms with Crippen LogP contribution in [0.4, 0.5) is 0 Å². The van der Waals surface area contributed by atoms with Gasteiger partial charge in [0.25, 0.3) is 0 Å². The van der Waals surface area contributed by atoms with Gasteiger partial charge in [0, 0.05) is 0 Å². The molecule has 0 spiro atoms. The van der Waals surface area contributed by atoms with Gasteiger partial charge in [0.15, 0.2) is 0 Å². The monoisotopic (exact) mass is 240 g/mol. The molecular weight excluding hydrogens is 223 g/mol. The molecular formula is C12H16Se. The van der Waals surface area contributed by atoms with Crippen molar-refractivity contribution in [1.82, 2.24) is 0 Å². The Morgan fingerprint density at radius 2 is 2.00 bits per heavy atom. The third kappa shape index (κ3) is 4.92. The Kier molecular flexibility index (Phi) is 5.64. The standard InChI is InChI=1S/C12H16Se/c1-2-3-4-8-11-13-12-9-6-5-7-10-12/h5-11H,2-4H2,1H3/b11-8-. The summed E-state index contributed by atoms with van der Waals surface area (Å²) in [6.07, 6.45) is 6.17. The van der Waals surface area contributed by atoms with E-state index in [0.29, 0.717) is 15.0 Å². The van der Waals surface area contributed by atoms with Gasteiger partial charge in [0.2, 0.25) is 0 Å². The summed E-state index contributed by atoms with van der Waals surface area (Å²) >= 11 is 0.537. The summed E-state index contributed by atoms with van der Waals surface area (Å²) in [4.78, 5) is 2.33. The molecule has 1 rings (SSSR count). The van der Waals surface area contributed by atoms with Crippen molar-refractivity contribution in [2.24, 2.45) is 0 Å². The van der Waals surface area contributed by atoms with Gasteiger partial charge in [0.05, 0.1) is 0 Å². The fourth-order valence-electron chi connectivity index (χ4n) is 1.02. The van der Waals surface area contributed by atoms with Crippen molar-refractivity contribution in [3.05, 3.63) is 41.4 Å². The van der Waals surface area contributed by atoms with Crippen LogP contribution >= 0.6 is 0 Å². The van der Waals surface area contributed by atoms with Gasteiger partial charge in [-0.25, -0.2) is 0 Å². The molecule has 0 aliphatic heterocycles. The second kappa shape index (κ2) is 6.94. The van der Waals surface area contributed by atoms with Crippen LogP contribution < -0.4 is 4.46 Å². The summed E-state index contributed by atoms with van der Waals surface area (Å²) in [7, 11) is 0. The second-order valence-electron chi connectivity index (χ2n) is 2.94. The molecule has 0 amide bonds. The predicted octanol–water partition coefficient (Wildman–Crippen LogP) is 2.72. The molecule has 0 aliphatic rings. The Morgan fingerprint density at radius 3 is 2.69 bits per heavy atom. The van der Waals surface area contributed by atoms with E-state index >= 15 is 0 Å². The maximum absolute atomic E-state index is 2.33. The minimum absolute atomic E-state index is 0.537. The fraction of sp³-hybridized carbons (Fsp3) is 0.333. The molecule has 0 saturated carbocycles. The van der Waals surface area contributed by atoms with E-state index in [0.717, 1.165) is 0 Å².